The van der Waals surface area contributed by atoms with Crippen molar-refractivity contribution in [1.82, 2.24) is 4.90 Å². The molecule has 16 heavy (non-hydrogen) atoms. The van der Waals surface area contributed by atoms with Crippen LogP contribution in [0, 0.1) is 6.92 Å². The Hall–Kier alpha value is -0.730. The molecule has 0 radical (unpaired) electrons. The maximum atomic E-state index is 5.98. The number of anilines is 1. The predicted molar refractivity (Wildman–Crippen MR) is 70.5 cm³/mol. The Kier molecular flexibility index (Phi) is 3.41. The lowest BCUT2D eigenvalue weighted by Gasteiger charge is -2.39. The highest BCUT2D eigenvalue weighted by atomic mass is 35.5. The zero-order valence-electron chi connectivity index (χ0n) is 10.2. The Balaban J connectivity index is 2.18. The van der Waals surface area contributed by atoms with Crippen LogP contribution in [-0.4, -0.2) is 37.6 Å². The number of aryl methyl sites for hydroxylation is 1. The molecule has 0 aliphatic carbocycles. The van der Waals surface area contributed by atoms with E-state index in [2.05, 4.69) is 36.8 Å². The third kappa shape index (κ3) is 2.33. The van der Waals surface area contributed by atoms with Gasteiger partial charge in [0.1, 0.15) is 0 Å². The molecule has 2 rings (SSSR count). The summed E-state index contributed by atoms with van der Waals surface area (Å²) in [6, 6.07) is 6.77. The van der Waals surface area contributed by atoms with Crippen molar-refractivity contribution in [3.63, 3.8) is 0 Å². The molecule has 0 amide bonds. The van der Waals surface area contributed by atoms with Crippen molar-refractivity contribution in [2.45, 2.75) is 19.9 Å². The van der Waals surface area contributed by atoms with Gasteiger partial charge in [-0.25, -0.2) is 0 Å². The molecule has 1 aliphatic heterocycles. The number of nitrogens with zero attached hydrogens (tertiary/aromatic N) is 2. The third-order valence-corrected chi connectivity index (χ3v) is 3.69. The number of piperazine rings is 1. The zero-order valence-corrected chi connectivity index (χ0v) is 11.0. The van der Waals surface area contributed by atoms with E-state index in [1.807, 2.05) is 12.1 Å². The molecule has 0 spiro atoms. The minimum atomic E-state index is 0.615. The maximum Gasteiger partial charge on any atom is 0.0410 e. The predicted octanol–water partition coefficient (Wildman–Crippen LogP) is 2.79. The topological polar surface area (TPSA) is 6.48 Å². The Morgan fingerprint density at radius 1 is 1.31 bits per heavy atom. The number of likely N-dealkylation sites (N-methyl/N-ethyl adjacent to an activating group) is 1. The largest absolute Gasteiger partial charge is 0.368 e. The molecule has 3 heteroatoms. The molecule has 1 aliphatic rings. The first-order valence-electron chi connectivity index (χ1n) is 5.79. The monoisotopic (exact) mass is 238 g/mol. The normalized spacial score (nSPS) is 22.5. The third-order valence-electron chi connectivity index (χ3n) is 3.46. The highest BCUT2D eigenvalue weighted by Gasteiger charge is 2.21. The van der Waals surface area contributed by atoms with E-state index in [0.717, 1.165) is 24.7 Å². The van der Waals surface area contributed by atoms with Gasteiger partial charge in [-0.1, -0.05) is 11.6 Å². The Labute approximate surface area is 103 Å². The van der Waals surface area contributed by atoms with Crippen molar-refractivity contribution in [3.05, 3.63) is 28.8 Å². The second kappa shape index (κ2) is 4.64. The van der Waals surface area contributed by atoms with Crippen LogP contribution in [0.25, 0.3) is 0 Å². The summed E-state index contributed by atoms with van der Waals surface area (Å²) < 4.78 is 0. The lowest BCUT2D eigenvalue weighted by atomic mass is 10.1. The van der Waals surface area contributed by atoms with Crippen molar-refractivity contribution in [2.75, 3.05) is 31.6 Å². The van der Waals surface area contributed by atoms with Gasteiger partial charge in [0.25, 0.3) is 0 Å². The average Bonchev–Trinajstić information content (AvgIpc) is 2.22. The van der Waals surface area contributed by atoms with Crippen LogP contribution in [-0.2, 0) is 0 Å². The summed E-state index contributed by atoms with van der Waals surface area (Å²) in [6.45, 7) is 7.73. The van der Waals surface area contributed by atoms with E-state index >= 15 is 0 Å². The number of hydrogen-bond donors (Lipinski definition) is 0. The van der Waals surface area contributed by atoms with Gasteiger partial charge in [-0.15, -0.1) is 0 Å². The first-order chi connectivity index (χ1) is 7.58. The van der Waals surface area contributed by atoms with Gasteiger partial charge in [-0.3, -0.25) is 0 Å². The van der Waals surface area contributed by atoms with E-state index in [1.54, 1.807) is 0 Å². The number of hydrogen-bond acceptors (Lipinski definition) is 2. The molecule has 0 bridgehead atoms. The molecule has 2 nitrogen and oxygen atoms in total. The summed E-state index contributed by atoms with van der Waals surface area (Å²) in [5.74, 6) is 0. The summed E-state index contributed by atoms with van der Waals surface area (Å²) in [5, 5.41) is 0.823. The molecule has 1 atom stereocenters. The summed E-state index contributed by atoms with van der Waals surface area (Å²) in [4.78, 5) is 4.86. The van der Waals surface area contributed by atoms with Crippen molar-refractivity contribution < 1.29 is 0 Å². The molecule has 0 aromatic heterocycles. The molecular formula is C13H19ClN2. The Morgan fingerprint density at radius 2 is 2.06 bits per heavy atom. The SMILES string of the molecule is Cc1cc(Cl)ccc1N1CCN(C)C(C)C1. The van der Waals surface area contributed by atoms with Gasteiger partial charge in [0, 0.05) is 36.4 Å². The van der Waals surface area contributed by atoms with E-state index < -0.39 is 0 Å². The van der Waals surface area contributed by atoms with Crippen LogP contribution < -0.4 is 4.90 Å². The van der Waals surface area contributed by atoms with Crippen LogP contribution in [0.5, 0.6) is 0 Å². The minimum absolute atomic E-state index is 0.615. The minimum Gasteiger partial charge on any atom is -0.368 e. The molecular weight excluding hydrogens is 220 g/mol. The molecule has 1 aromatic rings. The maximum absolute atomic E-state index is 5.98. The zero-order chi connectivity index (χ0) is 11.7. The second-order valence-electron chi connectivity index (χ2n) is 4.71. The highest BCUT2D eigenvalue weighted by Crippen LogP contribution is 2.25. The van der Waals surface area contributed by atoms with Crippen LogP contribution in [0.4, 0.5) is 5.69 Å². The Bertz CT molecular complexity index is 378. The van der Waals surface area contributed by atoms with Crippen LogP contribution in [0.1, 0.15) is 12.5 Å². The van der Waals surface area contributed by atoms with E-state index in [-0.39, 0.29) is 0 Å². The fraction of sp³-hybridized carbons (Fsp3) is 0.538. The van der Waals surface area contributed by atoms with Crippen molar-refractivity contribution >= 4 is 17.3 Å². The first-order valence-corrected chi connectivity index (χ1v) is 6.17. The molecule has 1 aromatic carbocycles. The lowest BCUT2D eigenvalue weighted by molar-refractivity contribution is 0.234. The quantitative estimate of drug-likeness (QED) is 0.743. The van der Waals surface area contributed by atoms with Gasteiger partial charge < -0.3 is 9.80 Å². The van der Waals surface area contributed by atoms with Crippen LogP contribution in [0.2, 0.25) is 5.02 Å². The van der Waals surface area contributed by atoms with Gasteiger partial charge in [0.15, 0.2) is 0 Å². The molecule has 1 heterocycles. The van der Waals surface area contributed by atoms with Gasteiger partial charge in [-0.05, 0) is 44.7 Å². The van der Waals surface area contributed by atoms with E-state index in [4.69, 9.17) is 11.6 Å². The van der Waals surface area contributed by atoms with Gasteiger partial charge in [0.2, 0.25) is 0 Å². The van der Waals surface area contributed by atoms with E-state index in [1.165, 1.54) is 11.3 Å². The molecule has 88 valence electrons. The fourth-order valence-corrected chi connectivity index (χ4v) is 2.47. The van der Waals surface area contributed by atoms with Gasteiger partial charge in [-0.2, -0.15) is 0 Å². The number of benzene rings is 1. The van der Waals surface area contributed by atoms with Crippen LogP contribution in [0.3, 0.4) is 0 Å². The molecule has 1 fully saturated rings. The van der Waals surface area contributed by atoms with Crippen molar-refractivity contribution in [3.8, 4) is 0 Å². The standard InChI is InChI=1S/C13H19ClN2/c1-10-8-12(14)4-5-13(10)16-7-6-15(3)11(2)9-16/h4-5,8,11H,6-7,9H2,1-3H3. The van der Waals surface area contributed by atoms with E-state index in [0.29, 0.717) is 6.04 Å². The summed E-state index contributed by atoms with van der Waals surface area (Å²) >= 11 is 5.98. The van der Waals surface area contributed by atoms with Gasteiger partial charge in [0.05, 0.1) is 0 Å². The Morgan fingerprint density at radius 3 is 2.69 bits per heavy atom. The fourth-order valence-electron chi connectivity index (χ4n) is 2.24. The summed E-state index contributed by atoms with van der Waals surface area (Å²) in [5.41, 5.74) is 2.59. The summed E-state index contributed by atoms with van der Waals surface area (Å²) in [7, 11) is 2.19. The van der Waals surface area contributed by atoms with Gasteiger partial charge >= 0.3 is 0 Å². The lowest BCUT2D eigenvalue weighted by Crippen LogP contribution is -2.50. The molecule has 0 N–H and O–H groups in total. The number of halogens is 1. The summed E-state index contributed by atoms with van der Waals surface area (Å²) in [6.07, 6.45) is 0. The molecule has 0 saturated carbocycles. The smallest absolute Gasteiger partial charge is 0.0410 e. The van der Waals surface area contributed by atoms with Crippen LogP contribution >= 0.6 is 11.6 Å². The van der Waals surface area contributed by atoms with Crippen LogP contribution in [0.15, 0.2) is 18.2 Å². The molecule has 1 saturated heterocycles. The van der Waals surface area contributed by atoms with Crippen molar-refractivity contribution in [1.29, 1.82) is 0 Å². The number of rotatable bonds is 1. The highest BCUT2D eigenvalue weighted by molar-refractivity contribution is 6.30. The average molecular weight is 239 g/mol. The first kappa shape index (κ1) is 11.7. The van der Waals surface area contributed by atoms with E-state index in [9.17, 15) is 0 Å². The van der Waals surface area contributed by atoms with Crippen molar-refractivity contribution in [2.24, 2.45) is 0 Å². The molecule has 1 unspecified atom stereocenters. The second-order valence-corrected chi connectivity index (χ2v) is 5.14.